The Morgan fingerprint density at radius 1 is 1.22 bits per heavy atom. The van der Waals surface area contributed by atoms with E-state index in [4.69, 9.17) is 5.73 Å². The van der Waals surface area contributed by atoms with E-state index >= 15 is 0 Å². The minimum atomic E-state index is -3.61. The van der Waals surface area contributed by atoms with Crippen molar-refractivity contribution in [3.63, 3.8) is 0 Å². The van der Waals surface area contributed by atoms with E-state index < -0.39 is 27.4 Å². The fourth-order valence-electron chi connectivity index (χ4n) is 2.48. The van der Waals surface area contributed by atoms with Crippen LogP contribution < -0.4 is 21.1 Å². The Kier molecular flexibility index (Phi) is 9.94. The van der Waals surface area contributed by atoms with Gasteiger partial charge in [-0.25, -0.2) is 13.1 Å². The zero-order valence-electron chi connectivity index (χ0n) is 16.0. The van der Waals surface area contributed by atoms with Gasteiger partial charge in [-0.15, -0.1) is 12.4 Å². The molecule has 1 atom stereocenters. The van der Waals surface area contributed by atoms with Crippen molar-refractivity contribution in [3.8, 4) is 0 Å². The highest BCUT2D eigenvalue weighted by molar-refractivity contribution is 7.89. The maximum Gasteiger partial charge on any atom is 0.246 e. The lowest BCUT2D eigenvalue weighted by Crippen LogP contribution is -2.51. The van der Waals surface area contributed by atoms with Gasteiger partial charge in [-0.3, -0.25) is 9.59 Å². The molecule has 2 amide bonds. The van der Waals surface area contributed by atoms with Gasteiger partial charge >= 0.3 is 0 Å². The number of benzene rings is 1. The Labute approximate surface area is 167 Å². The number of halogens is 1. The molecular weight excluding hydrogens is 392 g/mol. The molecular formula is C17H29ClN4O4S. The summed E-state index contributed by atoms with van der Waals surface area (Å²) in [6, 6.07) is 5.07. The maximum atomic E-state index is 12.5. The molecule has 1 aromatic carbocycles. The number of amides is 2. The third-order valence-electron chi connectivity index (χ3n) is 4.65. The Balaban J connectivity index is 0.00000676. The second kappa shape index (κ2) is 10.6. The fraction of sp³-hybridized carbons (Fsp3) is 0.529. The largest absolute Gasteiger partial charge is 0.344 e. The molecule has 1 aromatic rings. The molecule has 0 aliphatic heterocycles. The standard InChI is InChI=1S/C17H28N4O4S.ClH/c1-5-17(6-2,11-18)16(23)20-12(3)15(22)21-13-8-7-9-14(10-13)26(24,25)19-4;/h7-10,12,19H,5-6,11,18H2,1-4H3,(H,20,23)(H,21,22);1H. The first kappa shape index (κ1) is 25.3. The number of hydrogen-bond donors (Lipinski definition) is 4. The molecule has 1 rings (SSSR count). The van der Waals surface area contributed by atoms with E-state index in [-0.39, 0.29) is 29.8 Å². The Hall–Kier alpha value is -1.68. The van der Waals surface area contributed by atoms with Crippen LogP contribution in [-0.4, -0.2) is 39.9 Å². The van der Waals surface area contributed by atoms with Crippen LogP contribution in [0.2, 0.25) is 0 Å². The van der Waals surface area contributed by atoms with Crippen LogP contribution >= 0.6 is 12.4 Å². The summed E-state index contributed by atoms with van der Waals surface area (Å²) in [4.78, 5) is 24.9. The summed E-state index contributed by atoms with van der Waals surface area (Å²) in [5.41, 5.74) is 5.38. The number of nitrogens with one attached hydrogen (secondary N) is 3. The molecule has 0 aliphatic rings. The van der Waals surface area contributed by atoms with E-state index in [1.165, 1.54) is 25.2 Å². The second-order valence-electron chi connectivity index (χ2n) is 6.11. The minimum absolute atomic E-state index is 0. The van der Waals surface area contributed by atoms with Crippen LogP contribution in [0.25, 0.3) is 0 Å². The summed E-state index contributed by atoms with van der Waals surface area (Å²) in [7, 11) is -2.30. The minimum Gasteiger partial charge on any atom is -0.344 e. The smallest absolute Gasteiger partial charge is 0.246 e. The van der Waals surface area contributed by atoms with Gasteiger partial charge in [-0.1, -0.05) is 19.9 Å². The van der Waals surface area contributed by atoms with E-state index in [1.54, 1.807) is 13.0 Å². The molecule has 0 aromatic heterocycles. The van der Waals surface area contributed by atoms with Gasteiger partial charge in [0.15, 0.2) is 0 Å². The normalized spacial score (nSPS) is 12.6. The highest BCUT2D eigenvalue weighted by atomic mass is 35.5. The molecule has 0 bridgehead atoms. The lowest BCUT2D eigenvalue weighted by molar-refractivity contribution is -0.134. The van der Waals surface area contributed by atoms with Gasteiger partial charge in [0, 0.05) is 12.2 Å². The highest BCUT2D eigenvalue weighted by Crippen LogP contribution is 2.25. The van der Waals surface area contributed by atoms with Crippen molar-refractivity contribution < 1.29 is 18.0 Å². The number of anilines is 1. The van der Waals surface area contributed by atoms with Crippen molar-refractivity contribution >= 4 is 39.9 Å². The van der Waals surface area contributed by atoms with Gasteiger partial charge in [0.05, 0.1) is 10.3 Å². The zero-order valence-corrected chi connectivity index (χ0v) is 17.7. The summed E-state index contributed by atoms with van der Waals surface area (Å²) < 4.78 is 25.9. The third-order valence-corrected chi connectivity index (χ3v) is 6.06. The third kappa shape index (κ3) is 6.17. The SMILES string of the molecule is CCC(CC)(CN)C(=O)NC(C)C(=O)Nc1cccc(S(=O)(=O)NC)c1.Cl. The van der Waals surface area contributed by atoms with Crippen LogP contribution in [0.4, 0.5) is 5.69 Å². The maximum absolute atomic E-state index is 12.5. The summed E-state index contributed by atoms with van der Waals surface area (Å²) in [5.74, 6) is -0.713. The van der Waals surface area contributed by atoms with Gasteiger partial charge in [0.2, 0.25) is 21.8 Å². The van der Waals surface area contributed by atoms with Crippen LogP contribution in [-0.2, 0) is 19.6 Å². The summed E-state index contributed by atoms with van der Waals surface area (Å²) in [6.45, 7) is 5.53. The molecule has 5 N–H and O–H groups in total. The average molecular weight is 421 g/mol. The number of rotatable bonds is 9. The topological polar surface area (TPSA) is 130 Å². The van der Waals surface area contributed by atoms with E-state index in [9.17, 15) is 18.0 Å². The molecule has 0 fully saturated rings. The predicted octanol–water partition coefficient (Wildman–Crippen LogP) is 1.22. The molecule has 27 heavy (non-hydrogen) atoms. The first-order valence-electron chi connectivity index (χ1n) is 8.51. The Morgan fingerprint density at radius 3 is 2.30 bits per heavy atom. The van der Waals surface area contributed by atoms with Crippen molar-refractivity contribution in [2.75, 3.05) is 18.9 Å². The first-order valence-corrected chi connectivity index (χ1v) is 9.99. The van der Waals surface area contributed by atoms with Crippen LogP contribution in [0.3, 0.4) is 0 Å². The quantitative estimate of drug-likeness (QED) is 0.477. The number of nitrogens with two attached hydrogens (primary N) is 1. The van der Waals surface area contributed by atoms with Gasteiger partial charge in [0.1, 0.15) is 6.04 Å². The fourth-order valence-corrected chi connectivity index (χ4v) is 3.25. The van der Waals surface area contributed by atoms with Crippen LogP contribution in [0.5, 0.6) is 0 Å². The van der Waals surface area contributed by atoms with Crippen LogP contribution in [0, 0.1) is 5.41 Å². The average Bonchev–Trinajstić information content (AvgIpc) is 2.63. The Bertz CT molecular complexity index is 743. The lowest BCUT2D eigenvalue weighted by Gasteiger charge is -2.30. The van der Waals surface area contributed by atoms with E-state index in [2.05, 4.69) is 15.4 Å². The van der Waals surface area contributed by atoms with Gasteiger partial charge in [-0.05, 0) is 45.0 Å². The summed E-state index contributed by atoms with van der Waals surface area (Å²) >= 11 is 0. The van der Waals surface area contributed by atoms with Crippen molar-refractivity contribution in [1.82, 2.24) is 10.0 Å². The number of carbonyl (C=O) groups is 2. The molecule has 0 heterocycles. The van der Waals surface area contributed by atoms with E-state index in [0.29, 0.717) is 18.5 Å². The molecule has 1 unspecified atom stereocenters. The lowest BCUT2D eigenvalue weighted by atomic mass is 9.81. The number of sulfonamides is 1. The van der Waals surface area contributed by atoms with Crippen LogP contribution in [0.1, 0.15) is 33.6 Å². The molecule has 0 aliphatic carbocycles. The zero-order chi connectivity index (χ0) is 20.0. The van der Waals surface area contributed by atoms with Crippen molar-refractivity contribution in [2.45, 2.75) is 44.6 Å². The predicted molar refractivity (Wildman–Crippen MR) is 108 cm³/mol. The van der Waals surface area contributed by atoms with Gasteiger partial charge in [0.25, 0.3) is 0 Å². The van der Waals surface area contributed by atoms with Gasteiger partial charge in [-0.2, -0.15) is 0 Å². The molecule has 154 valence electrons. The monoisotopic (exact) mass is 420 g/mol. The number of hydrogen-bond acceptors (Lipinski definition) is 5. The Morgan fingerprint density at radius 2 is 1.81 bits per heavy atom. The molecule has 0 radical (unpaired) electrons. The first-order chi connectivity index (χ1) is 12.2. The highest BCUT2D eigenvalue weighted by Gasteiger charge is 2.34. The molecule has 10 heteroatoms. The molecule has 8 nitrogen and oxygen atoms in total. The van der Waals surface area contributed by atoms with Gasteiger partial charge < -0.3 is 16.4 Å². The molecule has 0 saturated carbocycles. The molecule has 0 spiro atoms. The van der Waals surface area contributed by atoms with Crippen molar-refractivity contribution in [2.24, 2.45) is 11.1 Å². The van der Waals surface area contributed by atoms with E-state index in [0.717, 1.165) is 0 Å². The summed E-state index contributed by atoms with van der Waals surface area (Å²) in [5, 5.41) is 5.30. The van der Waals surface area contributed by atoms with E-state index in [1.807, 2.05) is 13.8 Å². The number of carbonyl (C=O) groups excluding carboxylic acids is 2. The van der Waals surface area contributed by atoms with Crippen molar-refractivity contribution in [1.29, 1.82) is 0 Å². The van der Waals surface area contributed by atoms with Crippen LogP contribution in [0.15, 0.2) is 29.2 Å². The second-order valence-corrected chi connectivity index (χ2v) is 8.00. The molecule has 0 saturated heterocycles. The summed E-state index contributed by atoms with van der Waals surface area (Å²) in [6.07, 6.45) is 1.15. The van der Waals surface area contributed by atoms with Crippen molar-refractivity contribution in [3.05, 3.63) is 24.3 Å².